The van der Waals surface area contributed by atoms with Crippen LogP contribution < -0.4 is 0 Å². The molecular formula is C19H28N2O4. The normalized spacial score (nSPS) is 34.1. The summed E-state index contributed by atoms with van der Waals surface area (Å²) in [6.07, 6.45) is 6.33. The number of furan rings is 1. The lowest BCUT2D eigenvalue weighted by atomic mass is 9.75. The van der Waals surface area contributed by atoms with Gasteiger partial charge in [-0.05, 0) is 37.8 Å². The number of hydrogen-bond acceptors (Lipinski definition) is 5. The molecule has 3 fully saturated rings. The molecule has 1 aromatic heterocycles. The molecular weight excluding hydrogens is 320 g/mol. The van der Waals surface area contributed by atoms with Gasteiger partial charge in [0.2, 0.25) is 0 Å². The molecule has 3 aliphatic rings. The van der Waals surface area contributed by atoms with Crippen molar-refractivity contribution in [3.8, 4) is 0 Å². The van der Waals surface area contributed by atoms with Crippen molar-refractivity contribution in [2.24, 2.45) is 17.3 Å². The Morgan fingerprint density at radius 2 is 2.24 bits per heavy atom. The van der Waals surface area contributed by atoms with Crippen molar-refractivity contribution in [1.29, 1.82) is 0 Å². The molecule has 0 bridgehead atoms. The van der Waals surface area contributed by atoms with Crippen LogP contribution in [0.5, 0.6) is 0 Å². The smallest absolute Gasteiger partial charge is 0.311 e. The second-order valence-corrected chi connectivity index (χ2v) is 8.05. The maximum absolute atomic E-state index is 12.2. The minimum Gasteiger partial charge on any atom is -0.481 e. The van der Waals surface area contributed by atoms with E-state index in [0.29, 0.717) is 12.5 Å². The second-order valence-electron chi connectivity index (χ2n) is 8.05. The number of rotatable bonds is 5. The number of carboxylic acids is 1. The van der Waals surface area contributed by atoms with E-state index in [1.165, 1.54) is 0 Å². The largest absolute Gasteiger partial charge is 0.481 e. The van der Waals surface area contributed by atoms with Gasteiger partial charge in [0.05, 0.1) is 24.5 Å². The predicted octanol–water partition coefficient (Wildman–Crippen LogP) is 1.91. The van der Waals surface area contributed by atoms with Crippen molar-refractivity contribution in [3.05, 3.63) is 24.2 Å². The Hall–Kier alpha value is -1.37. The van der Waals surface area contributed by atoms with Crippen LogP contribution in [0.25, 0.3) is 0 Å². The predicted molar refractivity (Wildman–Crippen MR) is 92.1 cm³/mol. The fourth-order valence-electron chi connectivity index (χ4n) is 4.98. The minimum atomic E-state index is -0.613. The molecule has 0 aliphatic carbocycles. The summed E-state index contributed by atoms with van der Waals surface area (Å²) in [5.74, 6) is 0.195. The number of ether oxygens (including phenoxy) is 1. The highest BCUT2D eigenvalue weighted by Gasteiger charge is 2.53. The Morgan fingerprint density at radius 3 is 2.96 bits per heavy atom. The lowest BCUT2D eigenvalue weighted by molar-refractivity contribution is -0.151. The lowest BCUT2D eigenvalue weighted by Crippen LogP contribution is -2.42. The Bertz CT molecular complexity index is 584. The monoisotopic (exact) mass is 348 g/mol. The van der Waals surface area contributed by atoms with Gasteiger partial charge >= 0.3 is 5.97 Å². The van der Waals surface area contributed by atoms with Gasteiger partial charge in [0.1, 0.15) is 0 Å². The van der Waals surface area contributed by atoms with E-state index in [1.807, 2.05) is 6.07 Å². The quantitative estimate of drug-likeness (QED) is 0.877. The Kier molecular flexibility index (Phi) is 4.84. The fraction of sp³-hybridized carbons (Fsp3) is 0.737. The maximum Gasteiger partial charge on any atom is 0.311 e. The van der Waals surface area contributed by atoms with Gasteiger partial charge in [-0.3, -0.25) is 9.69 Å². The number of likely N-dealkylation sites (tertiary alicyclic amines) is 2. The van der Waals surface area contributed by atoms with Crippen LogP contribution in [-0.4, -0.2) is 66.8 Å². The summed E-state index contributed by atoms with van der Waals surface area (Å²) in [6.45, 7) is 6.98. The van der Waals surface area contributed by atoms with Crippen LogP contribution in [0.1, 0.15) is 24.8 Å². The molecule has 3 saturated heterocycles. The number of nitrogens with zero attached hydrogens (tertiary/aromatic N) is 2. The highest BCUT2D eigenvalue weighted by molar-refractivity contribution is 5.76. The molecule has 1 aromatic rings. The first-order valence-electron chi connectivity index (χ1n) is 9.43. The molecule has 0 aromatic carbocycles. The van der Waals surface area contributed by atoms with Gasteiger partial charge < -0.3 is 19.2 Å². The molecule has 6 heteroatoms. The van der Waals surface area contributed by atoms with Crippen molar-refractivity contribution >= 4 is 5.97 Å². The number of hydrogen-bond donors (Lipinski definition) is 1. The molecule has 3 atom stereocenters. The topological polar surface area (TPSA) is 66.2 Å². The van der Waals surface area contributed by atoms with Crippen LogP contribution in [0.3, 0.4) is 0 Å². The van der Waals surface area contributed by atoms with Crippen molar-refractivity contribution in [2.45, 2.75) is 25.8 Å². The minimum absolute atomic E-state index is 0.196. The third-order valence-electron chi connectivity index (χ3n) is 6.29. The summed E-state index contributed by atoms with van der Waals surface area (Å²) in [7, 11) is 0. The molecule has 138 valence electrons. The fourth-order valence-corrected chi connectivity index (χ4v) is 4.98. The summed E-state index contributed by atoms with van der Waals surface area (Å²) in [5.41, 5.74) is 0.530. The summed E-state index contributed by atoms with van der Waals surface area (Å²) < 4.78 is 10.7. The van der Waals surface area contributed by atoms with Crippen molar-refractivity contribution in [2.75, 3.05) is 45.9 Å². The van der Waals surface area contributed by atoms with Crippen LogP contribution in [0.4, 0.5) is 0 Å². The van der Waals surface area contributed by atoms with Gasteiger partial charge in [-0.1, -0.05) is 0 Å². The molecule has 0 radical (unpaired) electrons. The highest BCUT2D eigenvalue weighted by atomic mass is 16.5. The molecule has 4 heterocycles. The number of fused-ring (bicyclic) bond motifs is 1. The zero-order valence-corrected chi connectivity index (χ0v) is 14.7. The van der Waals surface area contributed by atoms with Gasteiger partial charge in [-0.25, -0.2) is 0 Å². The van der Waals surface area contributed by atoms with E-state index in [1.54, 1.807) is 12.5 Å². The van der Waals surface area contributed by atoms with Gasteiger partial charge in [0.25, 0.3) is 0 Å². The summed E-state index contributed by atoms with van der Waals surface area (Å²) in [4.78, 5) is 17.0. The van der Waals surface area contributed by atoms with E-state index >= 15 is 0 Å². The molecule has 0 unspecified atom stereocenters. The van der Waals surface area contributed by atoms with Crippen molar-refractivity contribution in [1.82, 2.24) is 9.80 Å². The van der Waals surface area contributed by atoms with Gasteiger partial charge in [-0.15, -0.1) is 0 Å². The zero-order chi connectivity index (χ0) is 17.3. The molecule has 0 saturated carbocycles. The summed E-state index contributed by atoms with van der Waals surface area (Å²) in [6, 6.07) is 1.97. The van der Waals surface area contributed by atoms with Crippen LogP contribution >= 0.6 is 0 Å². The van der Waals surface area contributed by atoms with Gasteiger partial charge in [0, 0.05) is 50.8 Å². The molecule has 1 N–H and O–H groups in total. The number of carboxylic acid groups (broad SMARTS) is 1. The summed E-state index contributed by atoms with van der Waals surface area (Å²) in [5, 5.41) is 10.1. The van der Waals surface area contributed by atoms with Crippen molar-refractivity contribution in [3.63, 3.8) is 0 Å². The SMILES string of the molecule is O=C(O)[C@]12CCCN(C[C@H]3CCOC3)C[C@H]1CN(Cc1ccoc1)C2. The highest BCUT2D eigenvalue weighted by Crippen LogP contribution is 2.43. The molecule has 6 nitrogen and oxygen atoms in total. The Labute approximate surface area is 148 Å². The molecule has 4 rings (SSSR count). The number of aliphatic carboxylic acids is 1. The summed E-state index contributed by atoms with van der Waals surface area (Å²) >= 11 is 0. The Balaban J connectivity index is 1.46. The molecule has 3 aliphatic heterocycles. The van der Waals surface area contributed by atoms with E-state index in [-0.39, 0.29) is 5.92 Å². The van der Waals surface area contributed by atoms with Crippen LogP contribution in [0, 0.1) is 17.3 Å². The Morgan fingerprint density at radius 1 is 1.36 bits per heavy atom. The first kappa shape index (κ1) is 17.1. The van der Waals surface area contributed by atoms with E-state index in [4.69, 9.17) is 9.15 Å². The van der Waals surface area contributed by atoms with E-state index in [0.717, 1.165) is 70.8 Å². The maximum atomic E-state index is 12.2. The van der Waals surface area contributed by atoms with Gasteiger partial charge in [0.15, 0.2) is 0 Å². The zero-order valence-electron chi connectivity index (χ0n) is 14.7. The van der Waals surface area contributed by atoms with E-state index < -0.39 is 11.4 Å². The third-order valence-corrected chi connectivity index (χ3v) is 6.29. The average molecular weight is 348 g/mol. The van der Waals surface area contributed by atoms with Crippen LogP contribution in [0.2, 0.25) is 0 Å². The first-order chi connectivity index (χ1) is 12.2. The standard InChI is InChI=1S/C19H28N2O4/c22-18(23)19-4-1-5-20(8-15-2-6-24-12-15)10-17(19)11-21(14-19)9-16-3-7-25-13-16/h3,7,13,15,17H,1-2,4-6,8-12,14H2,(H,22,23)/t15-,17+,19+/m1/s1. The van der Waals surface area contributed by atoms with Crippen molar-refractivity contribution < 1.29 is 19.1 Å². The molecule has 0 amide bonds. The second kappa shape index (κ2) is 7.09. The van der Waals surface area contributed by atoms with Gasteiger partial charge in [-0.2, -0.15) is 0 Å². The van der Waals surface area contributed by atoms with E-state index in [9.17, 15) is 9.90 Å². The lowest BCUT2D eigenvalue weighted by Gasteiger charge is -2.30. The molecule has 25 heavy (non-hydrogen) atoms. The van der Waals surface area contributed by atoms with E-state index in [2.05, 4.69) is 9.80 Å². The average Bonchev–Trinajstić information content (AvgIpc) is 3.29. The third kappa shape index (κ3) is 3.48. The molecule has 0 spiro atoms. The first-order valence-corrected chi connectivity index (χ1v) is 9.43. The van der Waals surface area contributed by atoms with Crippen LogP contribution in [0.15, 0.2) is 23.0 Å². The number of carbonyl (C=O) groups is 1. The van der Waals surface area contributed by atoms with Crippen LogP contribution in [-0.2, 0) is 16.1 Å².